The average molecular weight is 201 g/mol. The molecule has 0 aromatic heterocycles. The van der Waals surface area contributed by atoms with Gasteiger partial charge in [0.2, 0.25) is 0 Å². The minimum atomic E-state index is 0.595. The van der Waals surface area contributed by atoms with Crippen LogP contribution < -0.4 is 0 Å². The predicted molar refractivity (Wildman–Crippen MR) is 59.7 cm³/mol. The van der Waals surface area contributed by atoms with Crippen LogP contribution in [0.25, 0.3) is 16.5 Å². The number of aldehydes is 1. The fourth-order valence-electron chi connectivity index (χ4n) is 1.32. The highest BCUT2D eigenvalue weighted by molar-refractivity contribution is 5.75. The van der Waals surface area contributed by atoms with E-state index >= 15 is 0 Å². The van der Waals surface area contributed by atoms with Gasteiger partial charge in [-0.15, -0.1) is 0 Å². The second kappa shape index (κ2) is 5.62. The Kier molecular flexibility index (Phi) is 4.13. The van der Waals surface area contributed by atoms with Crippen LogP contribution in [0.2, 0.25) is 0 Å². The van der Waals surface area contributed by atoms with Crippen molar-refractivity contribution in [1.29, 1.82) is 0 Å². The van der Waals surface area contributed by atoms with Gasteiger partial charge < -0.3 is 0 Å². The van der Waals surface area contributed by atoms with Crippen molar-refractivity contribution in [1.82, 2.24) is 0 Å². The van der Waals surface area contributed by atoms with Gasteiger partial charge in [-0.05, 0) is 35.2 Å². The van der Waals surface area contributed by atoms with E-state index in [9.17, 15) is 4.79 Å². The first-order chi connectivity index (χ1) is 7.31. The fourth-order valence-corrected chi connectivity index (χ4v) is 1.32. The monoisotopic (exact) mass is 201 g/mol. The summed E-state index contributed by atoms with van der Waals surface area (Å²) in [6.07, 6.45) is 4.75. The zero-order valence-corrected chi connectivity index (χ0v) is 8.42. The van der Waals surface area contributed by atoms with E-state index in [4.69, 9.17) is 5.53 Å². The minimum absolute atomic E-state index is 0.595. The fraction of sp³-hybridized carbons (Fsp3) is 0.182. The second-order valence-corrected chi connectivity index (χ2v) is 2.92. The molecule has 0 N–H and O–H groups in total. The van der Waals surface area contributed by atoms with Crippen molar-refractivity contribution >= 4 is 18.0 Å². The highest BCUT2D eigenvalue weighted by atomic mass is 16.1. The standard InChI is InChI=1S/C11H11N3O/c1-2-9-8-11(13-14-12)6-5-10(9)4-3-7-15/h3-8H,2H2,1H3. The van der Waals surface area contributed by atoms with Crippen LogP contribution in [0.4, 0.5) is 5.69 Å². The topological polar surface area (TPSA) is 65.8 Å². The lowest BCUT2D eigenvalue weighted by Gasteiger charge is -2.03. The molecule has 1 aromatic rings. The summed E-state index contributed by atoms with van der Waals surface area (Å²) in [5, 5.41) is 3.52. The van der Waals surface area contributed by atoms with Gasteiger partial charge >= 0.3 is 0 Å². The van der Waals surface area contributed by atoms with Gasteiger partial charge in [0.15, 0.2) is 0 Å². The Morgan fingerprint density at radius 1 is 1.53 bits per heavy atom. The maximum absolute atomic E-state index is 10.2. The number of carbonyl (C=O) groups excluding carboxylic acids is 1. The van der Waals surface area contributed by atoms with Gasteiger partial charge in [0.25, 0.3) is 0 Å². The lowest BCUT2D eigenvalue weighted by Crippen LogP contribution is -1.85. The van der Waals surface area contributed by atoms with Crippen LogP contribution >= 0.6 is 0 Å². The Morgan fingerprint density at radius 3 is 2.93 bits per heavy atom. The average Bonchev–Trinajstić information content (AvgIpc) is 2.27. The highest BCUT2D eigenvalue weighted by Crippen LogP contribution is 2.20. The molecule has 1 aromatic carbocycles. The first kappa shape index (κ1) is 11.0. The Hall–Kier alpha value is -2.06. The molecule has 0 spiro atoms. The molecular formula is C11H11N3O. The van der Waals surface area contributed by atoms with Crippen LogP contribution in [0, 0.1) is 0 Å². The molecule has 0 heterocycles. The molecule has 76 valence electrons. The number of carbonyl (C=O) groups is 1. The summed E-state index contributed by atoms with van der Waals surface area (Å²) >= 11 is 0. The van der Waals surface area contributed by atoms with Crippen molar-refractivity contribution in [2.45, 2.75) is 13.3 Å². The molecule has 0 radical (unpaired) electrons. The number of azide groups is 1. The minimum Gasteiger partial charge on any atom is -0.299 e. The summed E-state index contributed by atoms with van der Waals surface area (Å²) in [7, 11) is 0. The molecule has 0 bridgehead atoms. The van der Waals surface area contributed by atoms with Crippen molar-refractivity contribution in [3.05, 3.63) is 45.8 Å². The van der Waals surface area contributed by atoms with E-state index in [1.807, 2.05) is 19.1 Å². The second-order valence-electron chi connectivity index (χ2n) is 2.92. The summed E-state index contributed by atoms with van der Waals surface area (Å²) in [6, 6.07) is 5.39. The summed E-state index contributed by atoms with van der Waals surface area (Å²) in [5.74, 6) is 0. The van der Waals surface area contributed by atoms with E-state index in [0.717, 1.165) is 23.8 Å². The lowest BCUT2D eigenvalue weighted by molar-refractivity contribution is -0.104. The molecule has 4 heteroatoms. The highest BCUT2D eigenvalue weighted by Gasteiger charge is 1.98. The van der Waals surface area contributed by atoms with Crippen LogP contribution in [0.5, 0.6) is 0 Å². The van der Waals surface area contributed by atoms with E-state index in [1.165, 1.54) is 6.08 Å². The quantitative estimate of drug-likeness (QED) is 0.242. The maximum atomic E-state index is 10.2. The molecule has 0 aliphatic carbocycles. The van der Waals surface area contributed by atoms with Gasteiger partial charge in [0.1, 0.15) is 6.29 Å². The first-order valence-corrected chi connectivity index (χ1v) is 4.61. The molecule has 4 nitrogen and oxygen atoms in total. The van der Waals surface area contributed by atoms with E-state index < -0.39 is 0 Å². The first-order valence-electron chi connectivity index (χ1n) is 4.61. The lowest BCUT2D eigenvalue weighted by atomic mass is 10.0. The molecule has 0 aliphatic heterocycles. The van der Waals surface area contributed by atoms with E-state index in [1.54, 1.807) is 12.1 Å². The van der Waals surface area contributed by atoms with E-state index in [-0.39, 0.29) is 0 Å². The van der Waals surface area contributed by atoms with Crippen LogP contribution in [0.1, 0.15) is 18.1 Å². The maximum Gasteiger partial charge on any atom is 0.142 e. The molecular weight excluding hydrogens is 190 g/mol. The Labute approximate surface area is 87.9 Å². The van der Waals surface area contributed by atoms with Gasteiger partial charge in [-0.1, -0.05) is 30.2 Å². The number of allylic oxidation sites excluding steroid dienone is 1. The molecule has 0 saturated heterocycles. The molecule has 0 fully saturated rings. The zero-order valence-electron chi connectivity index (χ0n) is 8.42. The molecule has 1 rings (SSSR count). The Bertz CT molecular complexity index is 431. The van der Waals surface area contributed by atoms with Gasteiger partial charge in [0, 0.05) is 10.6 Å². The summed E-state index contributed by atoms with van der Waals surface area (Å²) in [4.78, 5) is 12.9. The number of aryl methyl sites for hydroxylation is 1. The van der Waals surface area contributed by atoms with Crippen molar-refractivity contribution in [2.75, 3.05) is 0 Å². The predicted octanol–water partition coefficient (Wildman–Crippen LogP) is 3.40. The van der Waals surface area contributed by atoms with Crippen LogP contribution in [-0.4, -0.2) is 6.29 Å². The van der Waals surface area contributed by atoms with Gasteiger partial charge in [-0.25, -0.2) is 0 Å². The number of hydrogen-bond acceptors (Lipinski definition) is 2. The summed E-state index contributed by atoms with van der Waals surface area (Å²) in [6.45, 7) is 2.01. The van der Waals surface area contributed by atoms with Gasteiger partial charge in [0.05, 0.1) is 0 Å². The van der Waals surface area contributed by atoms with Crippen LogP contribution in [0.3, 0.4) is 0 Å². The van der Waals surface area contributed by atoms with Crippen molar-refractivity contribution < 1.29 is 4.79 Å². The molecule has 0 atom stereocenters. The zero-order chi connectivity index (χ0) is 11.1. The van der Waals surface area contributed by atoms with E-state index in [2.05, 4.69) is 10.0 Å². The number of nitrogens with zero attached hydrogens (tertiary/aromatic N) is 3. The smallest absolute Gasteiger partial charge is 0.142 e. The molecule has 0 unspecified atom stereocenters. The van der Waals surface area contributed by atoms with Crippen molar-refractivity contribution in [3.63, 3.8) is 0 Å². The number of hydrogen-bond donors (Lipinski definition) is 0. The Balaban J connectivity index is 3.13. The molecule has 0 saturated carbocycles. The number of benzene rings is 1. The molecule has 0 aliphatic rings. The third-order valence-corrected chi connectivity index (χ3v) is 2.02. The third kappa shape index (κ3) is 2.97. The largest absolute Gasteiger partial charge is 0.299 e. The number of rotatable bonds is 4. The van der Waals surface area contributed by atoms with Gasteiger partial charge in [-0.2, -0.15) is 0 Å². The van der Waals surface area contributed by atoms with Crippen molar-refractivity contribution in [3.8, 4) is 0 Å². The molecule has 0 amide bonds. The normalized spacial score (nSPS) is 9.93. The van der Waals surface area contributed by atoms with Gasteiger partial charge in [-0.3, -0.25) is 4.79 Å². The van der Waals surface area contributed by atoms with E-state index in [0.29, 0.717) is 5.69 Å². The third-order valence-electron chi connectivity index (χ3n) is 2.02. The summed E-state index contributed by atoms with van der Waals surface area (Å²) < 4.78 is 0. The SMILES string of the molecule is CCc1cc(N=[N+]=[N-])ccc1C=CC=O. The Morgan fingerprint density at radius 2 is 2.33 bits per heavy atom. The summed E-state index contributed by atoms with van der Waals surface area (Å²) in [5.41, 5.74) is 10.9. The van der Waals surface area contributed by atoms with Crippen LogP contribution in [-0.2, 0) is 11.2 Å². The van der Waals surface area contributed by atoms with Crippen molar-refractivity contribution in [2.24, 2.45) is 5.11 Å². The van der Waals surface area contributed by atoms with Crippen LogP contribution in [0.15, 0.2) is 29.4 Å². The molecule has 15 heavy (non-hydrogen) atoms.